The van der Waals surface area contributed by atoms with Gasteiger partial charge in [0.2, 0.25) is 0 Å². The van der Waals surface area contributed by atoms with Crippen molar-refractivity contribution in [1.29, 1.82) is 0 Å². The highest BCUT2D eigenvalue weighted by Crippen LogP contribution is 2.27. The Morgan fingerprint density at radius 3 is 2.50 bits per heavy atom. The van der Waals surface area contributed by atoms with Gasteiger partial charge in [0, 0.05) is 16.6 Å². The average molecular weight is 328 g/mol. The predicted molar refractivity (Wildman–Crippen MR) is 64.3 cm³/mol. The molecule has 3 nitrogen and oxygen atoms in total. The monoisotopic (exact) mass is 327 g/mol. The summed E-state index contributed by atoms with van der Waals surface area (Å²) in [5.41, 5.74) is 7.08. The molecule has 0 bridgehead atoms. The standard InChI is InChI=1S/C11H13BrF3NO2/c1-7-4-9(12)5-8(6-16)10(7)17-2-3-18-11(13,14)15/h4-5H,2-3,6,16H2,1H3. The molecule has 0 aliphatic carbocycles. The first kappa shape index (κ1) is 15.3. The molecule has 0 spiro atoms. The summed E-state index contributed by atoms with van der Waals surface area (Å²) in [6, 6.07) is 3.58. The quantitative estimate of drug-likeness (QED) is 0.845. The number of benzene rings is 1. The van der Waals surface area contributed by atoms with Gasteiger partial charge in [-0.05, 0) is 24.6 Å². The summed E-state index contributed by atoms with van der Waals surface area (Å²) in [7, 11) is 0. The van der Waals surface area contributed by atoms with E-state index < -0.39 is 13.0 Å². The van der Waals surface area contributed by atoms with E-state index in [1.54, 1.807) is 19.1 Å². The van der Waals surface area contributed by atoms with Crippen molar-refractivity contribution in [3.63, 3.8) is 0 Å². The van der Waals surface area contributed by atoms with Crippen molar-refractivity contribution in [2.75, 3.05) is 13.2 Å². The van der Waals surface area contributed by atoms with Gasteiger partial charge in [-0.25, -0.2) is 0 Å². The lowest BCUT2D eigenvalue weighted by molar-refractivity contribution is -0.325. The molecule has 0 aliphatic heterocycles. The van der Waals surface area contributed by atoms with Crippen LogP contribution in [0.15, 0.2) is 16.6 Å². The second-order valence-electron chi connectivity index (χ2n) is 3.56. The molecule has 2 N–H and O–H groups in total. The van der Waals surface area contributed by atoms with Crippen molar-refractivity contribution in [3.05, 3.63) is 27.7 Å². The van der Waals surface area contributed by atoms with E-state index in [0.29, 0.717) is 5.75 Å². The summed E-state index contributed by atoms with van der Waals surface area (Å²) >= 11 is 3.31. The van der Waals surface area contributed by atoms with Crippen LogP contribution in [0.2, 0.25) is 0 Å². The molecule has 1 aromatic rings. The molecule has 0 saturated carbocycles. The molecule has 0 radical (unpaired) electrons. The van der Waals surface area contributed by atoms with Gasteiger partial charge in [0.15, 0.2) is 0 Å². The molecular weight excluding hydrogens is 315 g/mol. The molecule has 1 aromatic carbocycles. The maximum absolute atomic E-state index is 11.8. The van der Waals surface area contributed by atoms with Crippen molar-refractivity contribution in [2.45, 2.75) is 19.8 Å². The first-order valence-electron chi connectivity index (χ1n) is 5.16. The molecule has 7 heteroatoms. The van der Waals surface area contributed by atoms with E-state index in [-0.39, 0.29) is 13.2 Å². The van der Waals surface area contributed by atoms with E-state index in [4.69, 9.17) is 10.5 Å². The van der Waals surface area contributed by atoms with Crippen molar-refractivity contribution in [1.82, 2.24) is 0 Å². The SMILES string of the molecule is Cc1cc(Br)cc(CN)c1OCCOC(F)(F)F. The topological polar surface area (TPSA) is 44.5 Å². The summed E-state index contributed by atoms with van der Waals surface area (Å²) in [5.74, 6) is 0.506. The van der Waals surface area contributed by atoms with Crippen LogP contribution < -0.4 is 10.5 Å². The normalized spacial score (nSPS) is 11.7. The Bertz CT molecular complexity index is 410. The molecule has 0 aromatic heterocycles. The lowest BCUT2D eigenvalue weighted by atomic mass is 10.1. The van der Waals surface area contributed by atoms with E-state index in [9.17, 15) is 13.2 Å². The zero-order valence-corrected chi connectivity index (χ0v) is 11.3. The Morgan fingerprint density at radius 2 is 1.94 bits per heavy atom. The molecule has 0 amide bonds. The number of aryl methyl sites for hydroxylation is 1. The zero-order valence-electron chi connectivity index (χ0n) is 9.68. The highest BCUT2D eigenvalue weighted by molar-refractivity contribution is 9.10. The van der Waals surface area contributed by atoms with Gasteiger partial charge in [-0.3, -0.25) is 4.74 Å². The van der Waals surface area contributed by atoms with E-state index in [1.165, 1.54) is 0 Å². The number of rotatable bonds is 5. The van der Waals surface area contributed by atoms with E-state index in [2.05, 4.69) is 20.7 Å². The molecule has 0 unspecified atom stereocenters. The number of hydrogen-bond donors (Lipinski definition) is 1. The largest absolute Gasteiger partial charge is 0.522 e. The van der Waals surface area contributed by atoms with Crippen LogP contribution >= 0.6 is 15.9 Å². The molecule has 18 heavy (non-hydrogen) atoms. The predicted octanol–water partition coefficient (Wildman–Crippen LogP) is 3.13. The van der Waals surface area contributed by atoms with Crippen molar-refractivity contribution in [2.24, 2.45) is 5.73 Å². The van der Waals surface area contributed by atoms with E-state index >= 15 is 0 Å². The number of halogens is 4. The number of alkyl halides is 3. The van der Waals surface area contributed by atoms with Gasteiger partial charge in [-0.2, -0.15) is 0 Å². The Labute approximate surface area is 111 Å². The van der Waals surface area contributed by atoms with Crippen molar-refractivity contribution >= 4 is 15.9 Å². The van der Waals surface area contributed by atoms with Crippen LogP contribution in [0.5, 0.6) is 5.75 Å². The maximum Gasteiger partial charge on any atom is 0.522 e. The molecule has 1 rings (SSSR count). The fourth-order valence-electron chi connectivity index (χ4n) is 1.46. The lowest BCUT2D eigenvalue weighted by Gasteiger charge is -2.14. The molecule has 0 fully saturated rings. The molecule has 0 saturated heterocycles. The van der Waals surface area contributed by atoms with Gasteiger partial charge in [-0.1, -0.05) is 15.9 Å². The van der Waals surface area contributed by atoms with Gasteiger partial charge in [0.05, 0.1) is 6.61 Å². The van der Waals surface area contributed by atoms with Crippen LogP contribution in [0, 0.1) is 6.92 Å². The first-order chi connectivity index (χ1) is 8.33. The summed E-state index contributed by atoms with van der Waals surface area (Å²) in [5, 5.41) is 0. The van der Waals surface area contributed by atoms with Gasteiger partial charge in [0.25, 0.3) is 0 Å². The summed E-state index contributed by atoms with van der Waals surface area (Å²) < 4.78 is 45.0. The first-order valence-corrected chi connectivity index (χ1v) is 5.95. The van der Waals surface area contributed by atoms with E-state index in [0.717, 1.165) is 15.6 Å². The highest BCUT2D eigenvalue weighted by Gasteiger charge is 2.28. The molecule has 0 heterocycles. The number of hydrogen-bond acceptors (Lipinski definition) is 3. The number of nitrogens with two attached hydrogens (primary N) is 1. The third kappa shape index (κ3) is 4.83. The lowest BCUT2D eigenvalue weighted by Crippen LogP contribution is -2.18. The smallest absolute Gasteiger partial charge is 0.491 e. The van der Waals surface area contributed by atoms with Gasteiger partial charge >= 0.3 is 6.36 Å². The van der Waals surface area contributed by atoms with Crippen LogP contribution in [0.1, 0.15) is 11.1 Å². The zero-order chi connectivity index (χ0) is 13.8. The molecule has 102 valence electrons. The highest BCUT2D eigenvalue weighted by atomic mass is 79.9. The van der Waals surface area contributed by atoms with Crippen LogP contribution in [0.3, 0.4) is 0 Å². The fraction of sp³-hybridized carbons (Fsp3) is 0.455. The minimum absolute atomic E-state index is 0.186. The average Bonchev–Trinajstić information content (AvgIpc) is 2.24. The Hall–Kier alpha value is -0.790. The Balaban J connectivity index is 2.62. The summed E-state index contributed by atoms with van der Waals surface area (Å²) in [4.78, 5) is 0. The Kier molecular flexibility index (Phi) is 5.43. The maximum atomic E-state index is 11.8. The number of ether oxygens (including phenoxy) is 2. The van der Waals surface area contributed by atoms with Crippen LogP contribution in [0.25, 0.3) is 0 Å². The Morgan fingerprint density at radius 1 is 1.28 bits per heavy atom. The van der Waals surface area contributed by atoms with E-state index in [1.807, 2.05) is 0 Å². The fourth-order valence-corrected chi connectivity index (χ4v) is 2.08. The minimum atomic E-state index is -4.63. The van der Waals surface area contributed by atoms with Gasteiger partial charge < -0.3 is 10.5 Å². The molecular formula is C11H13BrF3NO2. The van der Waals surface area contributed by atoms with Gasteiger partial charge in [0.1, 0.15) is 12.4 Å². The van der Waals surface area contributed by atoms with Gasteiger partial charge in [-0.15, -0.1) is 13.2 Å². The van der Waals surface area contributed by atoms with Crippen molar-refractivity contribution < 1.29 is 22.6 Å². The minimum Gasteiger partial charge on any atom is -0.491 e. The second-order valence-corrected chi connectivity index (χ2v) is 4.47. The van der Waals surface area contributed by atoms with Crippen molar-refractivity contribution in [3.8, 4) is 5.75 Å². The third-order valence-electron chi connectivity index (χ3n) is 2.13. The summed E-state index contributed by atoms with van der Waals surface area (Å²) in [6.45, 7) is 1.30. The van der Waals surface area contributed by atoms with Crippen LogP contribution in [-0.2, 0) is 11.3 Å². The molecule has 0 aliphatic rings. The van der Waals surface area contributed by atoms with Crippen LogP contribution in [0.4, 0.5) is 13.2 Å². The summed E-state index contributed by atoms with van der Waals surface area (Å²) in [6.07, 6.45) is -4.63. The molecule has 0 atom stereocenters. The third-order valence-corrected chi connectivity index (χ3v) is 2.59. The second kappa shape index (κ2) is 6.40. The van der Waals surface area contributed by atoms with Crippen LogP contribution in [-0.4, -0.2) is 19.6 Å².